The summed E-state index contributed by atoms with van der Waals surface area (Å²) < 4.78 is 5.23. The first-order valence-corrected chi connectivity index (χ1v) is 7.27. The van der Waals surface area contributed by atoms with Crippen LogP contribution in [0.3, 0.4) is 0 Å². The van der Waals surface area contributed by atoms with E-state index in [2.05, 4.69) is 13.0 Å². The third kappa shape index (κ3) is 2.29. The van der Waals surface area contributed by atoms with Crippen LogP contribution in [-0.4, -0.2) is 12.2 Å². The Labute approximate surface area is 121 Å². The third-order valence-corrected chi connectivity index (χ3v) is 4.97. The smallest absolute Gasteiger partial charge is 0.119 e. The molecule has 1 fully saturated rings. The second-order valence-electron chi connectivity index (χ2n) is 6.02. The van der Waals surface area contributed by atoms with Gasteiger partial charge in [-0.3, -0.25) is 0 Å². The molecule has 3 unspecified atom stereocenters. The van der Waals surface area contributed by atoms with E-state index in [0.29, 0.717) is 11.7 Å². The van der Waals surface area contributed by atoms with Gasteiger partial charge in [0.25, 0.3) is 0 Å². The van der Waals surface area contributed by atoms with E-state index >= 15 is 0 Å². The van der Waals surface area contributed by atoms with Crippen LogP contribution in [0, 0.1) is 22.7 Å². The molecule has 20 heavy (non-hydrogen) atoms. The Balaban J connectivity index is 2.39. The highest BCUT2D eigenvalue weighted by Crippen LogP contribution is 2.53. The quantitative estimate of drug-likeness (QED) is 0.911. The molecular formula is C17H23NO2. The number of aliphatic hydroxyl groups is 1. The second-order valence-corrected chi connectivity index (χ2v) is 6.02. The maximum absolute atomic E-state index is 11.1. The highest BCUT2D eigenvalue weighted by atomic mass is 16.5. The lowest BCUT2D eigenvalue weighted by Crippen LogP contribution is -2.41. The van der Waals surface area contributed by atoms with Crippen LogP contribution in [0.5, 0.6) is 5.75 Å². The monoisotopic (exact) mass is 273 g/mol. The molecule has 1 aromatic carbocycles. The van der Waals surface area contributed by atoms with Crippen molar-refractivity contribution in [3.05, 3.63) is 29.8 Å². The van der Waals surface area contributed by atoms with E-state index in [0.717, 1.165) is 31.2 Å². The van der Waals surface area contributed by atoms with Crippen LogP contribution >= 0.6 is 0 Å². The molecule has 0 aliphatic heterocycles. The van der Waals surface area contributed by atoms with Crippen molar-refractivity contribution >= 4 is 0 Å². The fourth-order valence-corrected chi connectivity index (χ4v) is 3.35. The lowest BCUT2D eigenvalue weighted by atomic mass is 9.68. The van der Waals surface area contributed by atoms with Gasteiger partial charge in [0, 0.05) is 0 Å². The van der Waals surface area contributed by atoms with Crippen molar-refractivity contribution in [3.8, 4) is 11.8 Å². The van der Waals surface area contributed by atoms with E-state index in [9.17, 15) is 10.4 Å². The molecule has 3 atom stereocenters. The fourth-order valence-electron chi connectivity index (χ4n) is 3.35. The Kier molecular flexibility index (Phi) is 4.06. The van der Waals surface area contributed by atoms with E-state index in [-0.39, 0.29) is 0 Å². The normalized spacial score (nSPS) is 28.6. The number of nitrogens with zero attached hydrogens (tertiary/aromatic N) is 1. The highest BCUT2D eigenvalue weighted by molar-refractivity contribution is 5.35. The minimum atomic E-state index is -1.15. The predicted molar refractivity (Wildman–Crippen MR) is 78.2 cm³/mol. The van der Waals surface area contributed by atoms with Crippen molar-refractivity contribution in [1.29, 1.82) is 5.26 Å². The molecule has 3 nitrogen and oxygen atoms in total. The standard InChI is InChI=1S/C17H23NO2/c1-4-13-8-9-17(11-13,12-18)16(2,19)14-6-5-7-15(10-14)20-3/h5-7,10,13,19H,4,8-9,11H2,1-3H3. The van der Waals surface area contributed by atoms with Gasteiger partial charge in [-0.05, 0) is 49.8 Å². The summed E-state index contributed by atoms with van der Waals surface area (Å²) in [5.41, 5.74) is -1.09. The van der Waals surface area contributed by atoms with Crippen molar-refractivity contribution < 1.29 is 9.84 Å². The molecule has 2 rings (SSSR count). The summed E-state index contributed by atoms with van der Waals surface area (Å²) in [6.45, 7) is 3.92. The molecule has 108 valence electrons. The van der Waals surface area contributed by atoms with E-state index in [1.807, 2.05) is 24.3 Å². The lowest BCUT2D eigenvalue weighted by molar-refractivity contribution is -0.0443. The van der Waals surface area contributed by atoms with Gasteiger partial charge in [0.15, 0.2) is 0 Å². The number of nitriles is 1. The molecule has 1 aromatic rings. The largest absolute Gasteiger partial charge is 0.497 e. The number of rotatable bonds is 4. The molecule has 0 heterocycles. The summed E-state index contributed by atoms with van der Waals surface area (Å²) in [4.78, 5) is 0. The average Bonchev–Trinajstić information content (AvgIpc) is 2.92. The van der Waals surface area contributed by atoms with Crippen LogP contribution in [0.1, 0.15) is 45.1 Å². The first-order valence-electron chi connectivity index (χ1n) is 7.27. The molecule has 3 heteroatoms. The minimum absolute atomic E-state index is 0.534. The van der Waals surface area contributed by atoms with Gasteiger partial charge < -0.3 is 9.84 Å². The summed E-state index contributed by atoms with van der Waals surface area (Å²) in [5.74, 6) is 1.24. The van der Waals surface area contributed by atoms with E-state index in [4.69, 9.17) is 4.74 Å². The SMILES string of the molecule is CCC1CCC(C#N)(C(C)(O)c2cccc(OC)c2)C1. The molecule has 1 saturated carbocycles. The zero-order valence-corrected chi connectivity index (χ0v) is 12.5. The summed E-state index contributed by atoms with van der Waals surface area (Å²) in [7, 11) is 1.61. The van der Waals surface area contributed by atoms with Crippen molar-refractivity contribution in [2.75, 3.05) is 7.11 Å². The number of benzene rings is 1. The molecule has 0 saturated heterocycles. The first-order chi connectivity index (χ1) is 9.49. The van der Waals surface area contributed by atoms with Crippen molar-refractivity contribution in [2.45, 2.75) is 45.1 Å². The van der Waals surface area contributed by atoms with Gasteiger partial charge in [0.2, 0.25) is 0 Å². The van der Waals surface area contributed by atoms with E-state index in [1.54, 1.807) is 14.0 Å². The lowest BCUT2D eigenvalue weighted by Gasteiger charge is -2.38. The summed E-state index contributed by atoms with van der Waals surface area (Å²) in [5, 5.41) is 20.8. The van der Waals surface area contributed by atoms with Crippen molar-refractivity contribution in [1.82, 2.24) is 0 Å². The van der Waals surface area contributed by atoms with Gasteiger partial charge in [-0.25, -0.2) is 0 Å². The van der Waals surface area contributed by atoms with Gasteiger partial charge >= 0.3 is 0 Å². The number of ether oxygens (including phenoxy) is 1. The number of hydrogen-bond acceptors (Lipinski definition) is 3. The summed E-state index contributed by atoms with van der Waals surface area (Å²) >= 11 is 0. The van der Waals surface area contributed by atoms with E-state index in [1.165, 1.54) is 0 Å². The van der Waals surface area contributed by atoms with Crippen LogP contribution in [0.25, 0.3) is 0 Å². The van der Waals surface area contributed by atoms with Crippen LogP contribution in [-0.2, 0) is 5.60 Å². The zero-order chi connectivity index (χ0) is 14.8. The van der Waals surface area contributed by atoms with Gasteiger partial charge in [-0.1, -0.05) is 25.5 Å². The molecule has 0 aromatic heterocycles. The van der Waals surface area contributed by atoms with Crippen LogP contribution < -0.4 is 4.74 Å². The van der Waals surface area contributed by atoms with Crippen LogP contribution in [0.2, 0.25) is 0 Å². The van der Waals surface area contributed by atoms with Crippen molar-refractivity contribution in [2.24, 2.45) is 11.3 Å². The predicted octanol–water partition coefficient (Wildman–Crippen LogP) is 3.62. The fraction of sp³-hybridized carbons (Fsp3) is 0.588. The van der Waals surface area contributed by atoms with Crippen LogP contribution in [0.4, 0.5) is 0 Å². The molecule has 0 bridgehead atoms. The van der Waals surface area contributed by atoms with Gasteiger partial charge in [0.05, 0.1) is 18.6 Å². The third-order valence-electron chi connectivity index (χ3n) is 4.97. The van der Waals surface area contributed by atoms with Gasteiger partial charge in [0.1, 0.15) is 11.4 Å². The van der Waals surface area contributed by atoms with E-state index < -0.39 is 11.0 Å². The molecule has 1 aliphatic carbocycles. The molecular weight excluding hydrogens is 250 g/mol. The molecule has 0 spiro atoms. The number of hydrogen-bond donors (Lipinski definition) is 1. The average molecular weight is 273 g/mol. The van der Waals surface area contributed by atoms with Crippen LogP contribution in [0.15, 0.2) is 24.3 Å². The Morgan fingerprint density at radius 2 is 2.30 bits per heavy atom. The Morgan fingerprint density at radius 1 is 1.55 bits per heavy atom. The molecule has 1 aliphatic rings. The second kappa shape index (κ2) is 5.46. The maximum atomic E-state index is 11.1. The molecule has 0 radical (unpaired) electrons. The summed E-state index contributed by atoms with van der Waals surface area (Å²) in [6.07, 6.45) is 3.61. The first kappa shape index (κ1) is 14.9. The van der Waals surface area contributed by atoms with Gasteiger partial charge in [-0.2, -0.15) is 5.26 Å². The Morgan fingerprint density at radius 3 is 2.85 bits per heavy atom. The summed E-state index contributed by atoms with van der Waals surface area (Å²) in [6, 6.07) is 9.85. The highest BCUT2D eigenvalue weighted by Gasteiger charge is 2.52. The molecule has 1 N–H and O–H groups in total. The zero-order valence-electron chi connectivity index (χ0n) is 12.5. The Bertz CT molecular complexity index is 518. The minimum Gasteiger partial charge on any atom is -0.497 e. The van der Waals surface area contributed by atoms with Crippen molar-refractivity contribution in [3.63, 3.8) is 0 Å². The topological polar surface area (TPSA) is 53.2 Å². The number of methoxy groups -OCH3 is 1. The maximum Gasteiger partial charge on any atom is 0.119 e. The van der Waals surface area contributed by atoms with Gasteiger partial charge in [-0.15, -0.1) is 0 Å². The Hall–Kier alpha value is -1.53. The molecule has 0 amide bonds.